The smallest absolute Gasteiger partial charge is 0.0859 e. The minimum atomic E-state index is -0.938. The molecular formula is C9H13NO2. The molecule has 12 heavy (non-hydrogen) atoms. The van der Waals surface area contributed by atoms with Crippen LogP contribution in [0.5, 0.6) is 0 Å². The van der Waals surface area contributed by atoms with E-state index in [1.807, 2.05) is 0 Å². The van der Waals surface area contributed by atoms with Gasteiger partial charge in [-0.25, -0.2) is 0 Å². The number of rotatable bonds is 2. The minimum absolute atomic E-state index is 0.139. The molecule has 3 heteroatoms. The highest BCUT2D eigenvalue weighted by Crippen LogP contribution is 2.21. The van der Waals surface area contributed by atoms with Crippen LogP contribution in [-0.2, 0) is 12.2 Å². The lowest BCUT2D eigenvalue weighted by Crippen LogP contribution is -2.18. The Kier molecular flexibility index (Phi) is 2.45. The lowest BCUT2D eigenvalue weighted by molar-refractivity contribution is 0.0753. The summed E-state index contributed by atoms with van der Waals surface area (Å²) in [5.41, 5.74) is 0.268. The van der Waals surface area contributed by atoms with Crippen molar-refractivity contribution in [3.63, 3.8) is 0 Å². The highest BCUT2D eigenvalue weighted by molar-refractivity contribution is 5.24. The van der Waals surface area contributed by atoms with Crippen molar-refractivity contribution in [3.8, 4) is 0 Å². The van der Waals surface area contributed by atoms with Crippen LogP contribution >= 0.6 is 0 Å². The zero-order chi connectivity index (χ0) is 9.19. The van der Waals surface area contributed by atoms with Gasteiger partial charge in [-0.15, -0.1) is 0 Å². The fraction of sp³-hybridized carbons (Fsp3) is 0.444. The summed E-state index contributed by atoms with van der Waals surface area (Å²) < 4.78 is 0. The quantitative estimate of drug-likeness (QED) is 0.685. The SMILES string of the molecule is CC(C)(O)c1cccnc1CO. The van der Waals surface area contributed by atoms with Crippen molar-refractivity contribution in [1.29, 1.82) is 0 Å². The Morgan fingerprint density at radius 3 is 2.58 bits per heavy atom. The molecule has 66 valence electrons. The van der Waals surface area contributed by atoms with Crippen LogP contribution in [0.3, 0.4) is 0 Å². The third-order valence-corrected chi connectivity index (χ3v) is 1.70. The molecule has 3 nitrogen and oxygen atoms in total. The molecule has 1 heterocycles. The monoisotopic (exact) mass is 167 g/mol. The molecule has 0 radical (unpaired) electrons. The van der Waals surface area contributed by atoms with Crippen LogP contribution in [0, 0.1) is 0 Å². The second kappa shape index (κ2) is 3.21. The van der Waals surface area contributed by atoms with Gasteiger partial charge in [0.05, 0.1) is 17.9 Å². The van der Waals surface area contributed by atoms with Gasteiger partial charge in [0, 0.05) is 11.8 Å². The van der Waals surface area contributed by atoms with Crippen LogP contribution in [0.1, 0.15) is 25.1 Å². The van der Waals surface area contributed by atoms with E-state index in [-0.39, 0.29) is 6.61 Å². The van der Waals surface area contributed by atoms with Crippen LogP contribution in [0.25, 0.3) is 0 Å². The summed E-state index contributed by atoms with van der Waals surface area (Å²) in [5.74, 6) is 0. The van der Waals surface area contributed by atoms with Crippen molar-refractivity contribution < 1.29 is 10.2 Å². The molecule has 2 N–H and O–H groups in total. The van der Waals surface area contributed by atoms with Gasteiger partial charge >= 0.3 is 0 Å². The van der Waals surface area contributed by atoms with Crippen LogP contribution in [0.15, 0.2) is 18.3 Å². The van der Waals surface area contributed by atoms with Gasteiger partial charge in [-0.2, -0.15) is 0 Å². The minimum Gasteiger partial charge on any atom is -0.390 e. The van der Waals surface area contributed by atoms with E-state index in [4.69, 9.17) is 5.11 Å². The van der Waals surface area contributed by atoms with E-state index in [1.54, 1.807) is 32.2 Å². The molecule has 0 spiro atoms. The predicted octanol–water partition coefficient (Wildman–Crippen LogP) is 0.801. The summed E-state index contributed by atoms with van der Waals surface area (Å²) in [4.78, 5) is 3.95. The van der Waals surface area contributed by atoms with E-state index in [0.717, 1.165) is 0 Å². The normalized spacial score (nSPS) is 11.7. The van der Waals surface area contributed by atoms with Crippen molar-refractivity contribution in [2.24, 2.45) is 0 Å². The van der Waals surface area contributed by atoms with Crippen LogP contribution in [0.4, 0.5) is 0 Å². The van der Waals surface area contributed by atoms with Gasteiger partial charge in [-0.1, -0.05) is 6.07 Å². The van der Waals surface area contributed by atoms with Gasteiger partial charge in [0.1, 0.15) is 0 Å². The van der Waals surface area contributed by atoms with Crippen LogP contribution in [0.2, 0.25) is 0 Å². The molecule has 0 aliphatic rings. The first-order chi connectivity index (χ1) is 5.55. The number of hydrogen-bond donors (Lipinski definition) is 2. The van der Waals surface area contributed by atoms with Crippen molar-refractivity contribution in [2.75, 3.05) is 0 Å². The third-order valence-electron chi connectivity index (χ3n) is 1.70. The van der Waals surface area contributed by atoms with Gasteiger partial charge in [0.2, 0.25) is 0 Å². The molecule has 0 saturated carbocycles. The van der Waals surface area contributed by atoms with E-state index < -0.39 is 5.60 Å². The largest absolute Gasteiger partial charge is 0.390 e. The Hall–Kier alpha value is -0.930. The maximum absolute atomic E-state index is 9.65. The molecule has 0 aliphatic carbocycles. The van der Waals surface area contributed by atoms with Gasteiger partial charge < -0.3 is 10.2 Å². The van der Waals surface area contributed by atoms with Gasteiger partial charge in [0.15, 0.2) is 0 Å². The zero-order valence-electron chi connectivity index (χ0n) is 7.28. The van der Waals surface area contributed by atoms with E-state index in [1.165, 1.54) is 0 Å². The molecule has 0 aromatic carbocycles. The molecule has 0 saturated heterocycles. The van der Waals surface area contributed by atoms with E-state index >= 15 is 0 Å². The molecule has 0 aliphatic heterocycles. The number of aromatic nitrogens is 1. The maximum atomic E-state index is 9.65. The van der Waals surface area contributed by atoms with Crippen molar-refractivity contribution in [1.82, 2.24) is 4.98 Å². The summed E-state index contributed by atoms with van der Waals surface area (Å²) in [6.45, 7) is 3.20. The third kappa shape index (κ3) is 1.81. The summed E-state index contributed by atoms with van der Waals surface area (Å²) in [5, 5.41) is 18.6. The second-order valence-corrected chi connectivity index (χ2v) is 3.21. The fourth-order valence-corrected chi connectivity index (χ4v) is 1.12. The van der Waals surface area contributed by atoms with E-state index in [2.05, 4.69) is 4.98 Å². The molecule has 1 aromatic rings. The Bertz CT molecular complexity index is 265. The first-order valence-electron chi connectivity index (χ1n) is 3.83. The van der Waals surface area contributed by atoms with Crippen LogP contribution < -0.4 is 0 Å². The van der Waals surface area contributed by atoms with E-state index in [0.29, 0.717) is 11.3 Å². The van der Waals surface area contributed by atoms with Crippen molar-refractivity contribution in [3.05, 3.63) is 29.6 Å². The molecule has 0 amide bonds. The van der Waals surface area contributed by atoms with Gasteiger partial charge in [-0.05, 0) is 19.9 Å². The van der Waals surface area contributed by atoms with Gasteiger partial charge in [0.25, 0.3) is 0 Å². The fourth-order valence-electron chi connectivity index (χ4n) is 1.12. The van der Waals surface area contributed by atoms with Crippen LogP contribution in [-0.4, -0.2) is 15.2 Å². The van der Waals surface area contributed by atoms with Crippen molar-refractivity contribution >= 4 is 0 Å². The molecule has 0 atom stereocenters. The lowest BCUT2D eigenvalue weighted by atomic mass is 9.97. The predicted molar refractivity (Wildman–Crippen MR) is 45.4 cm³/mol. The van der Waals surface area contributed by atoms with E-state index in [9.17, 15) is 5.11 Å². The lowest BCUT2D eigenvalue weighted by Gasteiger charge is -2.19. The molecule has 0 unspecified atom stereocenters. The highest BCUT2D eigenvalue weighted by Gasteiger charge is 2.19. The Morgan fingerprint density at radius 1 is 1.50 bits per heavy atom. The number of aliphatic hydroxyl groups is 2. The summed E-state index contributed by atoms with van der Waals surface area (Å²) >= 11 is 0. The average Bonchev–Trinajstić information content (AvgIpc) is 2.03. The Morgan fingerprint density at radius 2 is 2.17 bits per heavy atom. The Balaban J connectivity index is 3.14. The standard InChI is InChI=1S/C9H13NO2/c1-9(2,12)7-4-3-5-10-8(7)6-11/h3-5,11-12H,6H2,1-2H3. The maximum Gasteiger partial charge on any atom is 0.0859 e. The molecule has 0 fully saturated rings. The topological polar surface area (TPSA) is 53.4 Å². The first-order valence-corrected chi connectivity index (χ1v) is 3.83. The summed E-state index contributed by atoms with van der Waals surface area (Å²) in [7, 11) is 0. The van der Waals surface area contributed by atoms with Crippen molar-refractivity contribution in [2.45, 2.75) is 26.1 Å². The number of aliphatic hydroxyl groups excluding tert-OH is 1. The molecule has 1 aromatic heterocycles. The molecule has 0 bridgehead atoms. The highest BCUT2D eigenvalue weighted by atomic mass is 16.3. The summed E-state index contributed by atoms with van der Waals surface area (Å²) in [6.07, 6.45) is 1.60. The number of hydrogen-bond acceptors (Lipinski definition) is 3. The van der Waals surface area contributed by atoms with Gasteiger partial charge in [-0.3, -0.25) is 4.98 Å². The zero-order valence-corrected chi connectivity index (χ0v) is 7.28. The Labute approximate surface area is 71.7 Å². The number of pyridine rings is 1. The first kappa shape index (κ1) is 9.16. The summed E-state index contributed by atoms with van der Waals surface area (Å²) in [6, 6.07) is 3.50. The second-order valence-electron chi connectivity index (χ2n) is 3.21. The average molecular weight is 167 g/mol. The molecular weight excluding hydrogens is 154 g/mol. The number of nitrogens with zero attached hydrogens (tertiary/aromatic N) is 1. The molecule has 1 rings (SSSR count).